The lowest BCUT2D eigenvalue weighted by atomic mass is 10.3. The first-order valence-corrected chi connectivity index (χ1v) is 4.76. The monoisotopic (exact) mass is 164 g/mol. The van der Waals surface area contributed by atoms with Crippen molar-refractivity contribution in [3.05, 3.63) is 0 Å². The van der Waals surface area contributed by atoms with Crippen LogP contribution in [0.25, 0.3) is 0 Å². The predicted molar refractivity (Wildman–Crippen MR) is 45.1 cm³/mol. The highest BCUT2D eigenvalue weighted by Crippen LogP contribution is 2.10. The standard InChI is InChI=1S/C7H16O2S/c1-2-3-4-5-10-7(9)6-8/h7-9H,2-6H2,1H3. The van der Waals surface area contributed by atoms with Crippen molar-refractivity contribution in [3.63, 3.8) is 0 Å². The average Bonchev–Trinajstić information content (AvgIpc) is 1.98. The number of hydrogen-bond donors (Lipinski definition) is 2. The Labute approximate surface area is 66.6 Å². The van der Waals surface area contributed by atoms with Gasteiger partial charge in [0, 0.05) is 0 Å². The van der Waals surface area contributed by atoms with Gasteiger partial charge in [-0.15, -0.1) is 11.8 Å². The fraction of sp³-hybridized carbons (Fsp3) is 1.00. The molecule has 0 aromatic rings. The van der Waals surface area contributed by atoms with E-state index < -0.39 is 5.44 Å². The Balaban J connectivity index is 2.89. The highest BCUT2D eigenvalue weighted by molar-refractivity contribution is 7.99. The van der Waals surface area contributed by atoms with Gasteiger partial charge in [0.1, 0.15) is 5.44 Å². The number of unbranched alkanes of at least 4 members (excludes halogenated alkanes) is 2. The second-order valence-corrected chi connectivity index (χ2v) is 3.50. The third-order valence-electron chi connectivity index (χ3n) is 1.21. The molecule has 0 heterocycles. The molecule has 62 valence electrons. The van der Waals surface area contributed by atoms with Gasteiger partial charge in [0.15, 0.2) is 0 Å². The van der Waals surface area contributed by atoms with E-state index in [-0.39, 0.29) is 6.61 Å². The second-order valence-electron chi connectivity index (χ2n) is 2.22. The quantitative estimate of drug-likeness (QED) is 0.458. The maximum atomic E-state index is 8.87. The highest BCUT2D eigenvalue weighted by Gasteiger charge is 1.99. The molecule has 2 nitrogen and oxygen atoms in total. The summed E-state index contributed by atoms with van der Waals surface area (Å²) in [6, 6.07) is 0. The van der Waals surface area contributed by atoms with Gasteiger partial charge in [-0.1, -0.05) is 19.8 Å². The number of hydrogen-bond acceptors (Lipinski definition) is 3. The lowest BCUT2D eigenvalue weighted by Crippen LogP contribution is -2.06. The van der Waals surface area contributed by atoms with E-state index in [1.54, 1.807) is 0 Å². The maximum Gasteiger partial charge on any atom is 0.122 e. The van der Waals surface area contributed by atoms with Crippen LogP contribution in [0, 0.1) is 0 Å². The van der Waals surface area contributed by atoms with Gasteiger partial charge in [0.05, 0.1) is 6.61 Å². The second kappa shape index (κ2) is 7.38. The Morgan fingerprint density at radius 3 is 2.60 bits per heavy atom. The van der Waals surface area contributed by atoms with Crippen LogP contribution >= 0.6 is 11.8 Å². The summed E-state index contributed by atoms with van der Waals surface area (Å²) in [7, 11) is 0. The fourth-order valence-corrected chi connectivity index (χ4v) is 1.37. The summed E-state index contributed by atoms with van der Waals surface area (Å²) in [5.41, 5.74) is -0.572. The Morgan fingerprint density at radius 2 is 2.10 bits per heavy atom. The summed E-state index contributed by atoms with van der Waals surface area (Å²) < 4.78 is 0. The molecule has 1 unspecified atom stereocenters. The number of aliphatic hydroxyl groups excluding tert-OH is 2. The zero-order valence-electron chi connectivity index (χ0n) is 6.42. The van der Waals surface area contributed by atoms with Crippen LogP contribution in [0.5, 0.6) is 0 Å². The molecular formula is C7H16O2S. The van der Waals surface area contributed by atoms with Gasteiger partial charge in [0.25, 0.3) is 0 Å². The summed E-state index contributed by atoms with van der Waals surface area (Å²) >= 11 is 1.42. The fourth-order valence-electron chi connectivity index (χ4n) is 0.624. The van der Waals surface area contributed by atoms with Gasteiger partial charge in [-0.3, -0.25) is 0 Å². The lowest BCUT2D eigenvalue weighted by molar-refractivity contribution is 0.160. The van der Waals surface area contributed by atoms with Crippen molar-refractivity contribution < 1.29 is 10.2 Å². The molecule has 3 heteroatoms. The molecule has 0 aliphatic carbocycles. The Morgan fingerprint density at radius 1 is 1.40 bits per heavy atom. The molecule has 0 saturated carbocycles. The third kappa shape index (κ3) is 6.39. The van der Waals surface area contributed by atoms with Crippen molar-refractivity contribution >= 4 is 11.8 Å². The molecule has 10 heavy (non-hydrogen) atoms. The van der Waals surface area contributed by atoms with Crippen molar-refractivity contribution in [2.45, 2.75) is 31.6 Å². The molecule has 0 amide bonds. The van der Waals surface area contributed by atoms with Crippen LogP contribution in [-0.4, -0.2) is 28.0 Å². The summed E-state index contributed by atoms with van der Waals surface area (Å²) in [5.74, 6) is 0.954. The predicted octanol–water partition coefficient (Wildman–Crippen LogP) is 1.22. The Kier molecular flexibility index (Phi) is 7.58. The summed E-state index contributed by atoms with van der Waals surface area (Å²) in [6.07, 6.45) is 3.55. The van der Waals surface area contributed by atoms with Crippen LogP contribution in [-0.2, 0) is 0 Å². The SMILES string of the molecule is CCCCCSC(O)CO. The zero-order chi connectivity index (χ0) is 7.82. The minimum atomic E-state index is -0.572. The summed E-state index contributed by atoms with van der Waals surface area (Å²) in [6.45, 7) is 2.02. The lowest BCUT2D eigenvalue weighted by Gasteiger charge is -2.04. The largest absolute Gasteiger partial charge is 0.393 e. The van der Waals surface area contributed by atoms with Crippen LogP contribution in [0.1, 0.15) is 26.2 Å². The Bertz CT molecular complexity index is 68.6. The molecule has 0 rings (SSSR count). The number of thioether (sulfide) groups is 1. The number of aliphatic hydroxyl groups is 2. The van der Waals surface area contributed by atoms with E-state index in [1.807, 2.05) is 0 Å². The first-order valence-electron chi connectivity index (χ1n) is 3.71. The Hall–Kier alpha value is 0.270. The van der Waals surface area contributed by atoms with E-state index in [1.165, 1.54) is 24.6 Å². The molecule has 0 saturated heterocycles. The van der Waals surface area contributed by atoms with E-state index in [9.17, 15) is 0 Å². The smallest absolute Gasteiger partial charge is 0.122 e. The van der Waals surface area contributed by atoms with E-state index >= 15 is 0 Å². The van der Waals surface area contributed by atoms with Crippen LogP contribution < -0.4 is 0 Å². The van der Waals surface area contributed by atoms with E-state index in [0.717, 1.165) is 12.2 Å². The van der Waals surface area contributed by atoms with Gasteiger partial charge in [-0.2, -0.15) is 0 Å². The molecule has 0 spiro atoms. The molecule has 1 atom stereocenters. The van der Waals surface area contributed by atoms with Crippen molar-refractivity contribution in [3.8, 4) is 0 Å². The van der Waals surface area contributed by atoms with Gasteiger partial charge >= 0.3 is 0 Å². The van der Waals surface area contributed by atoms with Crippen LogP contribution in [0.15, 0.2) is 0 Å². The first kappa shape index (κ1) is 10.3. The molecule has 0 radical (unpaired) electrons. The van der Waals surface area contributed by atoms with Crippen LogP contribution in [0.4, 0.5) is 0 Å². The molecule has 0 aliphatic heterocycles. The summed E-state index contributed by atoms with van der Waals surface area (Å²) in [5, 5.41) is 17.3. The maximum absolute atomic E-state index is 8.87. The van der Waals surface area contributed by atoms with Gasteiger partial charge in [-0.25, -0.2) is 0 Å². The zero-order valence-corrected chi connectivity index (χ0v) is 7.23. The molecule has 0 aromatic carbocycles. The molecule has 0 aromatic heterocycles. The van der Waals surface area contributed by atoms with Crippen molar-refractivity contribution in [1.29, 1.82) is 0 Å². The van der Waals surface area contributed by atoms with E-state index in [2.05, 4.69) is 6.92 Å². The van der Waals surface area contributed by atoms with E-state index in [4.69, 9.17) is 10.2 Å². The van der Waals surface area contributed by atoms with E-state index in [0.29, 0.717) is 0 Å². The topological polar surface area (TPSA) is 40.5 Å². The van der Waals surface area contributed by atoms with Crippen molar-refractivity contribution in [1.82, 2.24) is 0 Å². The first-order chi connectivity index (χ1) is 4.81. The number of rotatable bonds is 6. The molecular weight excluding hydrogens is 148 g/mol. The van der Waals surface area contributed by atoms with Gasteiger partial charge < -0.3 is 10.2 Å². The minimum Gasteiger partial charge on any atom is -0.393 e. The van der Waals surface area contributed by atoms with Crippen molar-refractivity contribution in [2.24, 2.45) is 0 Å². The summed E-state index contributed by atoms with van der Waals surface area (Å²) in [4.78, 5) is 0. The molecule has 0 bridgehead atoms. The van der Waals surface area contributed by atoms with Crippen LogP contribution in [0.2, 0.25) is 0 Å². The van der Waals surface area contributed by atoms with Gasteiger partial charge in [0.2, 0.25) is 0 Å². The third-order valence-corrected chi connectivity index (χ3v) is 2.27. The molecule has 0 fully saturated rings. The molecule has 0 aliphatic rings. The van der Waals surface area contributed by atoms with Gasteiger partial charge in [-0.05, 0) is 12.2 Å². The molecule has 2 N–H and O–H groups in total. The normalized spacial score (nSPS) is 13.5. The van der Waals surface area contributed by atoms with Crippen molar-refractivity contribution in [2.75, 3.05) is 12.4 Å². The minimum absolute atomic E-state index is 0.128. The highest BCUT2D eigenvalue weighted by atomic mass is 32.2. The average molecular weight is 164 g/mol. The van der Waals surface area contributed by atoms with Crippen LogP contribution in [0.3, 0.4) is 0 Å².